The van der Waals surface area contributed by atoms with Crippen molar-refractivity contribution in [3.63, 3.8) is 0 Å². The molecule has 1 aromatic rings. The van der Waals surface area contributed by atoms with Gasteiger partial charge in [-0.15, -0.1) is 11.3 Å². The molecule has 0 radical (unpaired) electrons. The molecule has 2 fully saturated rings. The van der Waals surface area contributed by atoms with Crippen LogP contribution in [0.15, 0.2) is 0 Å². The first-order valence-corrected chi connectivity index (χ1v) is 11.7. The Bertz CT molecular complexity index is 808. The van der Waals surface area contributed by atoms with E-state index in [-0.39, 0.29) is 24.3 Å². The van der Waals surface area contributed by atoms with E-state index < -0.39 is 11.5 Å². The van der Waals surface area contributed by atoms with Crippen LogP contribution >= 0.6 is 11.3 Å². The van der Waals surface area contributed by atoms with Crippen molar-refractivity contribution in [3.05, 3.63) is 16.0 Å². The number of thiophene rings is 1. The molecule has 3 aliphatic rings. The molecule has 1 aliphatic heterocycles. The Labute approximate surface area is 175 Å². The Morgan fingerprint density at radius 1 is 1.14 bits per heavy atom. The molecule has 4 rings (SSSR count). The Hall–Kier alpha value is -1.89. The molecular weight excluding hydrogens is 390 g/mol. The van der Waals surface area contributed by atoms with E-state index in [1.807, 2.05) is 0 Å². The van der Waals surface area contributed by atoms with Crippen molar-refractivity contribution in [3.8, 4) is 0 Å². The van der Waals surface area contributed by atoms with Gasteiger partial charge >= 0.3 is 11.9 Å². The van der Waals surface area contributed by atoms with Crippen LogP contribution in [0.1, 0.15) is 85.5 Å². The van der Waals surface area contributed by atoms with Crippen molar-refractivity contribution in [2.24, 2.45) is 5.92 Å². The first kappa shape index (κ1) is 20.4. The number of fused-ring (bicyclic) bond motifs is 1. The summed E-state index contributed by atoms with van der Waals surface area (Å²) in [6.07, 6.45) is 9.69. The number of hydrogen-bond donors (Lipinski definition) is 1. The minimum Gasteiger partial charge on any atom is -0.462 e. The van der Waals surface area contributed by atoms with Crippen LogP contribution in [0.2, 0.25) is 0 Å². The molecular formula is C22H29NO5S. The van der Waals surface area contributed by atoms with Crippen LogP contribution in [0.25, 0.3) is 0 Å². The lowest BCUT2D eigenvalue weighted by Crippen LogP contribution is -2.43. The number of hydrogen-bond acceptors (Lipinski definition) is 6. The topological polar surface area (TPSA) is 81.7 Å². The van der Waals surface area contributed by atoms with Crippen molar-refractivity contribution in [1.82, 2.24) is 0 Å². The number of nitrogens with one attached hydrogen (secondary N) is 1. The highest BCUT2D eigenvalue weighted by Crippen LogP contribution is 2.45. The van der Waals surface area contributed by atoms with Crippen LogP contribution in [0.4, 0.5) is 5.00 Å². The van der Waals surface area contributed by atoms with Crippen molar-refractivity contribution in [1.29, 1.82) is 0 Å². The second-order valence-corrected chi connectivity index (χ2v) is 9.44. The maximum absolute atomic E-state index is 13.3. The normalized spacial score (nSPS) is 23.2. The molecule has 2 aliphatic carbocycles. The second kappa shape index (κ2) is 8.46. The molecule has 0 aromatic carbocycles. The summed E-state index contributed by atoms with van der Waals surface area (Å²) in [4.78, 5) is 39.2. The Kier molecular flexibility index (Phi) is 5.95. The fraction of sp³-hybridized carbons (Fsp3) is 0.682. The molecule has 0 bridgehead atoms. The van der Waals surface area contributed by atoms with E-state index in [1.54, 1.807) is 6.92 Å². The molecule has 1 spiro atoms. The van der Waals surface area contributed by atoms with E-state index >= 15 is 0 Å². The van der Waals surface area contributed by atoms with Crippen LogP contribution in [0.5, 0.6) is 0 Å². The summed E-state index contributed by atoms with van der Waals surface area (Å²) in [6.45, 7) is 2.08. The highest BCUT2D eigenvalue weighted by atomic mass is 32.1. The molecule has 1 N–H and O–H groups in total. The fourth-order valence-electron chi connectivity index (χ4n) is 5.07. The summed E-state index contributed by atoms with van der Waals surface area (Å²) in [6, 6.07) is 0. The fourth-order valence-corrected chi connectivity index (χ4v) is 6.35. The largest absolute Gasteiger partial charge is 0.462 e. The number of amides is 1. The van der Waals surface area contributed by atoms with Gasteiger partial charge in [0.05, 0.1) is 24.5 Å². The third kappa shape index (κ3) is 3.93. The molecule has 158 valence electrons. The maximum Gasteiger partial charge on any atom is 0.341 e. The van der Waals surface area contributed by atoms with Crippen LogP contribution in [0, 0.1) is 5.92 Å². The summed E-state index contributed by atoms with van der Waals surface area (Å²) in [7, 11) is 0. The number of esters is 2. The van der Waals surface area contributed by atoms with Crippen LogP contribution in [0.3, 0.4) is 0 Å². The lowest BCUT2D eigenvalue weighted by atomic mass is 9.75. The van der Waals surface area contributed by atoms with Gasteiger partial charge in [-0.25, -0.2) is 4.79 Å². The number of carbonyl (C=O) groups excluding carboxylic acids is 3. The van der Waals surface area contributed by atoms with Crippen molar-refractivity contribution in [2.45, 2.75) is 83.2 Å². The third-order valence-corrected chi connectivity index (χ3v) is 7.68. The van der Waals surface area contributed by atoms with Crippen molar-refractivity contribution in [2.75, 3.05) is 11.9 Å². The molecule has 2 heterocycles. The zero-order chi connectivity index (χ0) is 20.4. The molecule has 1 aromatic heterocycles. The number of ether oxygens (including phenoxy) is 2. The van der Waals surface area contributed by atoms with Crippen LogP contribution < -0.4 is 5.32 Å². The van der Waals surface area contributed by atoms with Gasteiger partial charge in [0, 0.05) is 4.88 Å². The lowest BCUT2D eigenvalue weighted by molar-refractivity contribution is -0.153. The van der Waals surface area contributed by atoms with E-state index in [2.05, 4.69) is 5.32 Å². The summed E-state index contributed by atoms with van der Waals surface area (Å²) in [5.41, 5.74) is 0.884. The smallest absolute Gasteiger partial charge is 0.341 e. The summed E-state index contributed by atoms with van der Waals surface area (Å²) in [5.74, 6) is -1.36. The highest BCUT2D eigenvalue weighted by Gasteiger charge is 2.53. The first-order valence-electron chi connectivity index (χ1n) is 10.9. The Balaban J connectivity index is 1.62. The molecule has 1 amide bonds. The molecule has 29 heavy (non-hydrogen) atoms. The van der Waals surface area contributed by atoms with E-state index in [1.165, 1.54) is 16.2 Å². The first-order chi connectivity index (χ1) is 14.0. The van der Waals surface area contributed by atoms with Gasteiger partial charge in [0.1, 0.15) is 10.6 Å². The number of anilines is 1. The predicted octanol–water partition coefficient (Wildman–Crippen LogP) is 4.40. The number of aryl methyl sites for hydroxylation is 1. The Morgan fingerprint density at radius 3 is 2.62 bits per heavy atom. The molecule has 0 unspecified atom stereocenters. The number of carbonyl (C=O) groups is 3. The molecule has 7 heteroatoms. The zero-order valence-corrected chi connectivity index (χ0v) is 17.8. The van der Waals surface area contributed by atoms with Crippen molar-refractivity contribution >= 4 is 34.2 Å². The summed E-state index contributed by atoms with van der Waals surface area (Å²) >= 11 is 1.49. The lowest BCUT2D eigenvalue weighted by Gasteiger charge is -2.35. The molecule has 1 saturated heterocycles. The SMILES string of the molecule is CCOC(=O)c1c(NC(=O)[C@H]2CC(=O)OC23CCCCC3)sc2c1CCCCC2. The van der Waals surface area contributed by atoms with E-state index in [4.69, 9.17) is 9.47 Å². The van der Waals surface area contributed by atoms with E-state index in [0.717, 1.165) is 69.8 Å². The molecule has 6 nitrogen and oxygen atoms in total. The van der Waals surface area contributed by atoms with Gasteiger partial charge in [0.2, 0.25) is 5.91 Å². The van der Waals surface area contributed by atoms with Gasteiger partial charge < -0.3 is 14.8 Å². The molecule has 1 saturated carbocycles. The van der Waals surface area contributed by atoms with Crippen molar-refractivity contribution < 1.29 is 23.9 Å². The highest BCUT2D eigenvalue weighted by molar-refractivity contribution is 7.17. The van der Waals surface area contributed by atoms with Gasteiger partial charge in [-0.2, -0.15) is 0 Å². The average molecular weight is 420 g/mol. The summed E-state index contributed by atoms with van der Waals surface area (Å²) in [5, 5.41) is 3.58. The monoisotopic (exact) mass is 419 g/mol. The molecule has 1 atom stereocenters. The Morgan fingerprint density at radius 2 is 1.86 bits per heavy atom. The van der Waals surface area contributed by atoms with Gasteiger partial charge in [-0.1, -0.05) is 12.8 Å². The average Bonchev–Trinajstić information content (AvgIpc) is 3.09. The summed E-state index contributed by atoms with van der Waals surface area (Å²) < 4.78 is 11.0. The zero-order valence-electron chi connectivity index (χ0n) is 17.0. The van der Waals surface area contributed by atoms with Gasteiger partial charge in [-0.3, -0.25) is 9.59 Å². The standard InChI is InChI=1S/C22H29NO5S/c1-2-27-21(26)18-14-9-5-3-6-10-16(14)29-20(18)23-19(25)15-13-17(24)28-22(15)11-7-4-8-12-22/h15H,2-13H2,1H3,(H,23,25)/t15-/m1/s1. The third-order valence-electron chi connectivity index (χ3n) is 6.48. The quantitative estimate of drug-likeness (QED) is 0.578. The predicted molar refractivity (Wildman–Crippen MR) is 110 cm³/mol. The number of rotatable bonds is 4. The van der Waals surface area contributed by atoms with E-state index in [0.29, 0.717) is 17.2 Å². The minimum absolute atomic E-state index is 0.117. The minimum atomic E-state index is -0.669. The van der Waals surface area contributed by atoms with E-state index in [9.17, 15) is 14.4 Å². The van der Waals surface area contributed by atoms with Crippen LogP contribution in [-0.2, 0) is 31.9 Å². The second-order valence-electron chi connectivity index (χ2n) is 8.33. The van der Waals surface area contributed by atoms with Gasteiger partial charge in [0.15, 0.2) is 0 Å². The maximum atomic E-state index is 13.3. The van der Waals surface area contributed by atoms with Gasteiger partial charge in [0.25, 0.3) is 0 Å². The van der Waals surface area contributed by atoms with Crippen LogP contribution in [-0.4, -0.2) is 30.1 Å². The van der Waals surface area contributed by atoms with Gasteiger partial charge in [-0.05, 0) is 63.9 Å².